The maximum atomic E-state index is 13.8. The highest BCUT2D eigenvalue weighted by Gasteiger charge is 2.14. The summed E-state index contributed by atoms with van der Waals surface area (Å²) < 4.78 is 13.8. The molecule has 0 aliphatic rings. The van der Waals surface area contributed by atoms with E-state index in [1.165, 1.54) is 11.6 Å². The van der Waals surface area contributed by atoms with Gasteiger partial charge in [-0.15, -0.1) is 0 Å². The summed E-state index contributed by atoms with van der Waals surface area (Å²) in [5.74, 6) is -0.123. The predicted molar refractivity (Wildman–Crippen MR) is 88.3 cm³/mol. The van der Waals surface area contributed by atoms with Gasteiger partial charge in [-0.25, -0.2) is 4.39 Å². The standard InChI is InChI=1S/C17H23FN2S/c1-14(16-5-3-4-6-17(16)18)20(2)11-10-19-9-7-15-8-12-21-13-15/h3-6,8,12-14,19H,7,9-11H2,1-2H3. The van der Waals surface area contributed by atoms with Crippen molar-refractivity contribution in [3.8, 4) is 0 Å². The molecule has 4 heteroatoms. The lowest BCUT2D eigenvalue weighted by molar-refractivity contribution is 0.256. The van der Waals surface area contributed by atoms with E-state index in [2.05, 4.69) is 27.0 Å². The first-order valence-corrected chi connectivity index (χ1v) is 8.29. The Labute approximate surface area is 130 Å². The zero-order chi connectivity index (χ0) is 15.1. The smallest absolute Gasteiger partial charge is 0.127 e. The lowest BCUT2D eigenvalue weighted by atomic mass is 10.1. The van der Waals surface area contributed by atoms with Crippen LogP contribution in [0, 0.1) is 5.82 Å². The molecule has 2 rings (SSSR count). The van der Waals surface area contributed by atoms with Gasteiger partial charge in [-0.1, -0.05) is 18.2 Å². The Balaban J connectivity index is 1.69. The zero-order valence-corrected chi connectivity index (χ0v) is 13.5. The van der Waals surface area contributed by atoms with E-state index in [-0.39, 0.29) is 11.9 Å². The molecule has 0 saturated carbocycles. The van der Waals surface area contributed by atoms with Gasteiger partial charge in [0.2, 0.25) is 0 Å². The number of benzene rings is 1. The Bertz CT molecular complexity index is 527. The largest absolute Gasteiger partial charge is 0.315 e. The summed E-state index contributed by atoms with van der Waals surface area (Å²) in [5.41, 5.74) is 2.15. The minimum atomic E-state index is -0.123. The summed E-state index contributed by atoms with van der Waals surface area (Å²) in [6.45, 7) is 4.85. The number of rotatable bonds is 8. The van der Waals surface area contributed by atoms with Crippen molar-refractivity contribution in [2.75, 3.05) is 26.7 Å². The van der Waals surface area contributed by atoms with Crippen molar-refractivity contribution in [1.29, 1.82) is 0 Å². The molecule has 0 spiro atoms. The molecule has 0 aliphatic carbocycles. The minimum absolute atomic E-state index is 0.0878. The van der Waals surface area contributed by atoms with Crippen molar-refractivity contribution in [3.63, 3.8) is 0 Å². The normalized spacial score (nSPS) is 12.8. The fourth-order valence-electron chi connectivity index (χ4n) is 2.29. The Morgan fingerprint density at radius 1 is 1.24 bits per heavy atom. The average Bonchev–Trinajstić information content (AvgIpc) is 3.00. The van der Waals surface area contributed by atoms with Gasteiger partial charge in [0.05, 0.1) is 0 Å². The third-order valence-corrected chi connectivity index (χ3v) is 4.56. The van der Waals surface area contributed by atoms with E-state index in [1.807, 2.05) is 26.1 Å². The number of hydrogen-bond acceptors (Lipinski definition) is 3. The van der Waals surface area contributed by atoms with Crippen LogP contribution in [0.4, 0.5) is 4.39 Å². The van der Waals surface area contributed by atoms with Crippen LogP contribution in [0.2, 0.25) is 0 Å². The SMILES string of the molecule is CC(c1ccccc1F)N(C)CCNCCc1ccsc1. The molecule has 1 heterocycles. The van der Waals surface area contributed by atoms with Crippen molar-refractivity contribution in [2.24, 2.45) is 0 Å². The second-order valence-electron chi connectivity index (χ2n) is 5.31. The van der Waals surface area contributed by atoms with Crippen LogP contribution in [0.5, 0.6) is 0 Å². The van der Waals surface area contributed by atoms with Crippen LogP contribution < -0.4 is 5.32 Å². The molecule has 0 fully saturated rings. The van der Waals surface area contributed by atoms with E-state index in [9.17, 15) is 4.39 Å². The van der Waals surface area contributed by atoms with Crippen molar-refractivity contribution in [1.82, 2.24) is 10.2 Å². The van der Waals surface area contributed by atoms with Crippen LogP contribution in [-0.4, -0.2) is 31.6 Å². The molecular weight excluding hydrogens is 283 g/mol. The maximum absolute atomic E-state index is 13.8. The fraction of sp³-hybridized carbons (Fsp3) is 0.412. The van der Waals surface area contributed by atoms with E-state index in [0.717, 1.165) is 31.6 Å². The third kappa shape index (κ3) is 4.92. The first-order valence-electron chi connectivity index (χ1n) is 7.35. The quantitative estimate of drug-likeness (QED) is 0.748. The lowest BCUT2D eigenvalue weighted by Crippen LogP contribution is -2.32. The summed E-state index contributed by atoms with van der Waals surface area (Å²) in [7, 11) is 2.04. The highest BCUT2D eigenvalue weighted by Crippen LogP contribution is 2.20. The number of halogens is 1. The van der Waals surface area contributed by atoms with Gasteiger partial charge in [0.25, 0.3) is 0 Å². The number of hydrogen-bond donors (Lipinski definition) is 1. The molecule has 114 valence electrons. The molecule has 1 atom stereocenters. The second kappa shape index (κ2) is 8.27. The van der Waals surface area contributed by atoms with Crippen molar-refractivity contribution >= 4 is 11.3 Å². The summed E-state index contributed by atoms with van der Waals surface area (Å²) in [6, 6.07) is 9.27. The van der Waals surface area contributed by atoms with Crippen LogP contribution in [0.1, 0.15) is 24.1 Å². The maximum Gasteiger partial charge on any atom is 0.127 e. The van der Waals surface area contributed by atoms with Gasteiger partial charge in [0.1, 0.15) is 5.82 Å². The molecule has 1 aromatic heterocycles. The van der Waals surface area contributed by atoms with Gasteiger partial charge in [0.15, 0.2) is 0 Å². The first kappa shape index (κ1) is 16.1. The molecule has 21 heavy (non-hydrogen) atoms. The zero-order valence-electron chi connectivity index (χ0n) is 12.7. The van der Waals surface area contributed by atoms with E-state index in [1.54, 1.807) is 17.4 Å². The Kier molecular flexibility index (Phi) is 6.36. The molecular formula is C17H23FN2S. The molecule has 2 nitrogen and oxygen atoms in total. The molecule has 1 aromatic carbocycles. The van der Waals surface area contributed by atoms with Crippen LogP contribution >= 0.6 is 11.3 Å². The van der Waals surface area contributed by atoms with Crippen molar-refractivity contribution in [2.45, 2.75) is 19.4 Å². The third-order valence-electron chi connectivity index (χ3n) is 3.83. The van der Waals surface area contributed by atoms with E-state index >= 15 is 0 Å². The lowest BCUT2D eigenvalue weighted by Gasteiger charge is -2.25. The molecule has 0 aliphatic heterocycles. The fourth-order valence-corrected chi connectivity index (χ4v) is 3.00. The van der Waals surface area contributed by atoms with Crippen molar-refractivity contribution < 1.29 is 4.39 Å². The molecule has 0 bridgehead atoms. The minimum Gasteiger partial charge on any atom is -0.315 e. The van der Waals surface area contributed by atoms with Crippen LogP contribution in [0.15, 0.2) is 41.1 Å². The van der Waals surface area contributed by atoms with E-state index < -0.39 is 0 Å². The molecule has 0 radical (unpaired) electrons. The van der Waals surface area contributed by atoms with Crippen molar-refractivity contribution in [3.05, 3.63) is 58.0 Å². The molecule has 1 unspecified atom stereocenters. The van der Waals surface area contributed by atoms with Gasteiger partial charge >= 0.3 is 0 Å². The molecule has 2 aromatic rings. The average molecular weight is 306 g/mol. The van der Waals surface area contributed by atoms with Gasteiger partial charge < -0.3 is 5.32 Å². The monoisotopic (exact) mass is 306 g/mol. The number of nitrogens with one attached hydrogen (secondary N) is 1. The molecule has 0 saturated heterocycles. The molecule has 0 amide bonds. The van der Waals surface area contributed by atoms with E-state index in [0.29, 0.717) is 0 Å². The van der Waals surface area contributed by atoms with Crippen LogP contribution in [0.25, 0.3) is 0 Å². The van der Waals surface area contributed by atoms with Gasteiger partial charge in [-0.2, -0.15) is 11.3 Å². The topological polar surface area (TPSA) is 15.3 Å². The Hall–Kier alpha value is -1.23. The Morgan fingerprint density at radius 3 is 2.76 bits per heavy atom. The summed E-state index contributed by atoms with van der Waals surface area (Å²) >= 11 is 1.74. The highest BCUT2D eigenvalue weighted by atomic mass is 32.1. The number of thiophene rings is 1. The predicted octanol–water partition coefficient (Wildman–Crippen LogP) is 3.71. The summed E-state index contributed by atoms with van der Waals surface area (Å²) in [6.07, 6.45) is 1.07. The van der Waals surface area contributed by atoms with Crippen LogP contribution in [0.3, 0.4) is 0 Å². The summed E-state index contributed by atoms with van der Waals surface area (Å²) in [4.78, 5) is 2.18. The van der Waals surface area contributed by atoms with Gasteiger partial charge in [-0.05, 0) is 55.4 Å². The van der Waals surface area contributed by atoms with E-state index in [4.69, 9.17) is 0 Å². The van der Waals surface area contributed by atoms with Gasteiger partial charge in [0, 0.05) is 24.7 Å². The molecule has 1 N–H and O–H groups in total. The van der Waals surface area contributed by atoms with Gasteiger partial charge in [-0.3, -0.25) is 4.90 Å². The number of nitrogens with zero attached hydrogens (tertiary/aromatic N) is 1. The first-order chi connectivity index (χ1) is 10.2. The van der Waals surface area contributed by atoms with Crippen LogP contribution in [-0.2, 0) is 6.42 Å². The number of likely N-dealkylation sites (N-methyl/N-ethyl adjacent to an activating group) is 1. The second-order valence-corrected chi connectivity index (χ2v) is 6.09. The summed E-state index contributed by atoms with van der Waals surface area (Å²) in [5, 5.41) is 7.74. The Morgan fingerprint density at radius 2 is 2.05 bits per heavy atom. The highest BCUT2D eigenvalue weighted by molar-refractivity contribution is 7.07.